The van der Waals surface area contributed by atoms with Crippen LogP contribution in [0, 0.1) is 11.3 Å². The minimum Gasteiger partial charge on any atom is -0.309 e. The Balaban J connectivity index is 3.58. The second-order valence-electron chi connectivity index (χ2n) is 3.95. The van der Waals surface area contributed by atoms with Crippen molar-refractivity contribution < 1.29 is 0 Å². The Morgan fingerprint density at radius 3 is 2.38 bits per heavy atom. The molecule has 0 aromatic rings. The van der Waals surface area contributed by atoms with E-state index >= 15 is 0 Å². The van der Waals surface area contributed by atoms with E-state index in [1.807, 2.05) is 14.0 Å². The van der Waals surface area contributed by atoms with Crippen LogP contribution in [0.4, 0.5) is 0 Å². The van der Waals surface area contributed by atoms with Crippen molar-refractivity contribution in [1.29, 1.82) is 5.26 Å². The lowest BCUT2D eigenvalue weighted by molar-refractivity contribution is 0.369. The van der Waals surface area contributed by atoms with Crippen LogP contribution in [0.25, 0.3) is 0 Å². The van der Waals surface area contributed by atoms with Crippen molar-refractivity contribution >= 4 is 0 Å². The van der Waals surface area contributed by atoms with Crippen molar-refractivity contribution in [2.45, 2.75) is 31.7 Å². The van der Waals surface area contributed by atoms with E-state index < -0.39 is 0 Å². The minimum atomic E-state index is -0.341. The van der Waals surface area contributed by atoms with Crippen LogP contribution in [-0.2, 0) is 0 Å². The average molecular weight is 183 g/mol. The topological polar surface area (TPSA) is 39.1 Å². The van der Waals surface area contributed by atoms with Gasteiger partial charge >= 0.3 is 0 Å². The average Bonchev–Trinajstić information content (AvgIpc) is 2.12. The summed E-state index contributed by atoms with van der Waals surface area (Å²) in [5.41, 5.74) is -0.341. The number of hydrogen-bond acceptors (Lipinski definition) is 3. The lowest BCUT2D eigenvalue weighted by Crippen LogP contribution is -2.37. The van der Waals surface area contributed by atoms with E-state index in [0.29, 0.717) is 0 Å². The van der Waals surface area contributed by atoms with Crippen LogP contribution < -0.4 is 5.32 Å². The summed E-state index contributed by atoms with van der Waals surface area (Å²) in [6.45, 7) is 3.05. The largest absolute Gasteiger partial charge is 0.309 e. The van der Waals surface area contributed by atoms with Crippen LogP contribution in [0.15, 0.2) is 0 Å². The molecule has 0 aliphatic rings. The number of unbranched alkanes of at least 4 members (excludes halogenated alkanes) is 1. The molecule has 0 spiro atoms. The maximum absolute atomic E-state index is 8.87. The summed E-state index contributed by atoms with van der Waals surface area (Å²) in [7, 11) is 5.98. The Morgan fingerprint density at radius 1 is 1.38 bits per heavy atom. The zero-order valence-electron chi connectivity index (χ0n) is 9.22. The molecule has 76 valence electrons. The minimum absolute atomic E-state index is 0.341. The van der Waals surface area contributed by atoms with Crippen molar-refractivity contribution in [2.24, 2.45) is 0 Å². The van der Waals surface area contributed by atoms with Crippen LogP contribution in [-0.4, -0.2) is 38.1 Å². The molecule has 1 unspecified atom stereocenters. The SMILES string of the molecule is CNC(C)(C#N)CCCCN(C)C. The van der Waals surface area contributed by atoms with Crippen LogP contribution in [0.2, 0.25) is 0 Å². The fourth-order valence-electron chi connectivity index (χ4n) is 1.14. The van der Waals surface area contributed by atoms with Gasteiger partial charge in [-0.15, -0.1) is 0 Å². The number of hydrogen-bond donors (Lipinski definition) is 1. The number of nitrogens with zero attached hydrogens (tertiary/aromatic N) is 2. The van der Waals surface area contributed by atoms with Crippen LogP contribution in [0.1, 0.15) is 26.2 Å². The van der Waals surface area contributed by atoms with Crippen molar-refractivity contribution in [3.05, 3.63) is 0 Å². The zero-order valence-corrected chi connectivity index (χ0v) is 9.22. The fourth-order valence-corrected chi connectivity index (χ4v) is 1.14. The molecule has 0 aliphatic heterocycles. The highest BCUT2D eigenvalue weighted by atomic mass is 15.0. The maximum Gasteiger partial charge on any atom is 0.103 e. The Labute approximate surface area is 81.7 Å². The smallest absolute Gasteiger partial charge is 0.103 e. The van der Waals surface area contributed by atoms with Gasteiger partial charge in [0.15, 0.2) is 0 Å². The Morgan fingerprint density at radius 2 is 2.00 bits per heavy atom. The van der Waals surface area contributed by atoms with Gasteiger partial charge in [0, 0.05) is 0 Å². The van der Waals surface area contributed by atoms with Gasteiger partial charge in [-0.1, -0.05) is 0 Å². The van der Waals surface area contributed by atoms with Crippen molar-refractivity contribution in [3.63, 3.8) is 0 Å². The lowest BCUT2D eigenvalue weighted by atomic mass is 9.97. The zero-order chi connectivity index (χ0) is 10.3. The summed E-state index contributed by atoms with van der Waals surface area (Å²) >= 11 is 0. The summed E-state index contributed by atoms with van der Waals surface area (Å²) < 4.78 is 0. The molecule has 3 nitrogen and oxygen atoms in total. The molecule has 0 radical (unpaired) electrons. The summed E-state index contributed by atoms with van der Waals surface area (Å²) in [4.78, 5) is 2.17. The van der Waals surface area contributed by atoms with E-state index in [1.54, 1.807) is 0 Å². The van der Waals surface area contributed by atoms with Gasteiger partial charge < -0.3 is 10.2 Å². The van der Waals surface area contributed by atoms with Gasteiger partial charge in [-0.05, 0) is 53.9 Å². The number of rotatable bonds is 6. The highest BCUT2D eigenvalue weighted by molar-refractivity contribution is 5.02. The third-order valence-corrected chi connectivity index (χ3v) is 2.33. The first-order chi connectivity index (χ1) is 6.04. The van der Waals surface area contributed by atoms with Gasteiger partial charge in [-0.25, -0.2) is 0 Å². The molecule has 0 aromatic heterocycles. The van der Waals surface area contributed by atoms with E-state index in [-0.39, 0.29) is 5.54 Å². The molecule has 3 heteroatoms. The molecule has 0 saturated carbocycles. The first-order valence-corrected chi connectivity index (χ1v) is 4.79. The first-order valence-electron chi connectivity index (χ1n) is 4.79. The lowest BCUT2D eigenvalue weighted by Gasteiger charge is -2.20. The standard InChI is InChI=1S/C10H21N3/c1-10(9-11,12-2)7-5-6-8-13(3)4/h12H,5-8H2,1-4H3. The monoisotopic (exact) mass is 183 g/mol. The molecule has 0 heterocycles. The quantitative estimate of drug-likeness (QED) is 0.629. The predicted octanol–water partition coefficient (Wildman–Crippen LogP) is 1.22. The Hall–Kier alpha value is -0.590. The third kappa shape index (κ3) is 5.62. The molecule has 0 aromatic carbocycles. The van der Waals surface area contributed by atoms with Crippen molar-refractivity contribution in [2.75, 3.05) is 27.7 Å². The molecule has 0 aliphatic carbocycles. The molecular weight excluding hydrogens is 162 g/mol. The Kier molecular flexibility index (Phi) is 5.68. The molecule has 13 heavy (non-hydrogen) atoms. The van der Waals surface area contributed by atoms with E-state index in [4.69, 9.17) is 5.26 Å². The molecule has 0 saturated heterocycles. The molecule has 0 rings (SSSR count). The second kappa shape index (κ2) is 5.95. The summed E-state index contributed by atoms with van der Waals surface area (Å²) in [6.07, 6.45) is 3.18. The first kappa shape index (κ1) is 12.4. The normalized spacial score (nSPS) is 15.4. The molecule has 1 N–H and O–H groups in total. The molecule has 1 atom stereocenters. The van der Waals surface area contributed by atoms with E-state index in [9.17, 15) is 0 Å². The van der Waals surface area contributed by atoms with Crippen molar-refractivity contribution in [1.82, 2.24) is 10.2 Å². The fraction of sp³-hybridized carbons (Fsp3) is 0.900. The third-order valence-electron chi connectivity index (χ3n) is 2.33. The van der Waals surface area contributed by atoms with Gasteiger partial charge in [-0.2, -0.15) is 5.26 Å². The van der Waals surface area contributed by atoms with E-state index in [0.717, 1.165) is 25.8 Å². The molecule has 0 fully saturated rings. The van der Waals surface area contributed by atoms with Crippen LogP contribution in [0.5, 0.6) is 0 Å². The van der Waals surface area contributed by atoms with Gasteiger partial charge in [0.25, 0.3) is 0 Å². The summed E-state index contributed by atoms with van der Waals surface area (Å²) in [5.74, 6) is 0. The maximum atomic E-state index is 8.87. The van der Waals surface area contributed by atoms with Gasteiger partial charge in [0.05, 0.1) is 6.07 Å². The van der Waals surface area contributed by atoms with Gasteiger partial charge in [-0.3, -0.25) is 0 Å². The molecule has 0 amide bonds. The summed E-state index contributed by atoms with van der Waals surface area (Å²) in [6, 6.07) is 2.29. The molecule has 0 bridgehead atoms. The van der Waals surface area contributed by atoms with Gasteiger partial charge in [0.2, 0.25) is 0 Å². The van der Waals surface area contributed by atoms with Crippen LogP contribution in [0.3, 0.4) is 0 Å². The van der Waals surface area contributed by atoms with Crippen LogP contribution >= 0.6 is 0 Å². The van der Waals surface area contributed by atoms with E-state index in [1.165, 1.54) is 0 Å². The highest BCUT2D eigenvalue weighted by Crippen LogP contribution is 2.11. The highest BCUT2D eigenvalue weighted by Gasteiger charge is 2.19. The van der Waals surface area contributed by atoms with Gasteiger partial charge in [0.1, 0.15) is 5.54 Å². The van der Waals surface area contributed by atoms with Crippen molar-refractivity contribution in [3.8, 4) is 6.07 Å². The molecular formula is C10H21N3. The summed E-state index contributed by atoms with van der Waals surface area (Å²) in [5, 5.41) is 11.9. The number of nitriles is 1. The predicted molar refractivity (Wildman–Crippen MR) is 55.5 cm³/mol. The second-order valence-corrected chi connectivity index (χ2v) is 3.95. The Bertz CT molecular complexity index is 171. The number of nitrogens with one attached hydrogen (secondary N) is 1. The van der Waals surface area contributed by atoms with E-state index in [2.05, 4.69) is 30.4 Å².